The Balaban J connectivity index is 1.85. The second-order valence-corrected chi connectivity index (χ2v) is 5.64. The van der Waals surface area contributed by atoms with Crippen molar-refractivity contribution in [2.75, 3.05) is 11.9 Å². The molecule has 2 aromatic carbocycles. The van der Waals surface area contributed by atoms with Gasteiger partial charge in [-0.05, 0) is 54.0 Å². The summed E-state index contributed by atoms with van der Waals surface area (Å²) in [6.07, 6.45) is 0. The molecule has 0 aliphatic heterocycles. The molecule has 0 aliphatic carbocycles. The first-order valence-corrected chi connectivity index (χ1v) is 8.11. The highest BCUT2D eigenvalue weighted by Gasteiger charge is 2.18. The number of benzene rings is 2. The quantitative estimate of drug-likeness (QED) is 0.521. The maximum absolute atomic E-state index is 12.4. The third kappa shape index (κ3) is 3.92. The minimum atomic E-state index is -0.567. The summed E-state index contributed by atoms with van der Waals surface area (Å²) in [4.78, 5) is 22.7. The van der Waals surface area contributed by atoms with Crippen molar-refractivity contribution < 1.29 is 19.1 Å². The van der Waals surface area contributed by atoms with Crippen LogP contribution in [0.2, 0.25) is 0 Å². The highest BCUT2D eigenvalue weighted by molar-refractivity contribution is 6.05. The van der Waals surface area contributed by atoms with Crippen molar-refractivity contribution in [3.63, 3.8) is 0 Å². The van der Waals surface area contributed by atoms with Gasteiger partial charge in [-0.3, -0.25) is 14.9 Å². The monoisotopic (exact) mass is 368 g/mol. The number of hydrogen-bond acceptors (Lipinski definition) is 7. The van der Waals surface area contributed by atoms with Crippen LogP contribution in [0.1, 0.15) is 22.8 Å². The molecular formula is C18H16N4O5. The van der Waals surface area contributed by atoms with E-state index in [0.29, 0.717) is 17.9 Å². The molecule has 3 rings (SSSR count). The number of carbonyl (C=O) groups is 1. The first-order valence-electron chi connectivity index (χ1n) is 8.11. The van der Waals surface area contributed by atoms with E-state index in [9.17, 15) is 14.9 Å². The number of amides is 1. The van der Waals surface area contributed by atoms with E-state index in [1.54, 1.807) is 12.1 Å². The molecule has 27 heavy (non-hydrogen) atoms. The lowest BCUT2D eigenvalue weighted by Crippen LogP contribution is -2.13. The van der Waals surface area contributed by atoms with Crippen LogP contribution in [-0.4, -0.2) is 27.8 Å². The van der Waals surface area contributed by atoms with Gasteiger partial charge in [-0.2, -0.15) is 0 Å². The van der Waals surface area contributed by atoms with Gasteiger partial charge in [0.1, 0.15) is 5.75 Å². The first kappa shape index (κ1) is 18.1. The molecule has 0 atom stereocenters. The molecule has 3 aromatic rings. The Morgan fingerprint density at radius 3 is 2.78 bits per heavy atom. The van der Waals surface area contributed by atoms with E-state index < -0.39 is 10.8 Å². The van der Waals surface area contributed by atoms with E-state index in [1.807, 2.05) is 19.9 Å². The molecule has 1 aromatic heterocycles. The SMILES string of the molecule is CCOc1ccc(-c2nonc2NC(=O)c2cccc([N+](=O)[O-])c2)cc1C. The van der Waals surface area contributed by atoms with Gasteiger partial charge < -0.3 is 10.1 Å². The average Bonchev–Trinajstić information content (AvgIpc) is 3.11. The molecule has 0 aliphatic rings. The number of aromatic nitrogens is 2. The van der Waals surface area contributed by atoms with Gasteiger partial charge in [0.15, 0.2) is 5.69 Å². The maximum atomic E-state index is 12.4. The van der Waals surface area contributed by atoms with E-state index in [1.165, 1.54) is 24.3 Å². The fraction of sp³-hybridized carbons (Fsp3) is 0.167. The van der Waals surface area contributed by atoms with E-state index in [4.69, 9.17) is 9.37 Å². The van der Waals surface area contributed by atoms with Crippen molar-refractivity contribution in [2.45, 2.75) is 13.8 Å². The third-order valence-electron chi connectivity index (χ3n) is 3.79. The largest absolute Gasteiger partial charge is 0.494 e. The Labute approximate surface area is 154 Å². The number of aryl methyl sites for hydroxylation is 1. The molecular weight excluding hydrogens is 352 g/mol. The van der Waals surface area contributed by atoms with Crippen LogP contribution in [-0.2, 0) is 0 Å². The molecule has 0 fully saturated rings. The number of nitrogens with zero attached hydrogens (tertiary/aromatic N) is 3. The summed E-state index contributed by atoms with van der Waals surface area (Å²) in [6.45, 7) is 4.34. The Morgan fingerprint density at radius 1 is 1.26 bits per heavy atom. The molecule has 0 unspecified atom stereocenters. The molecule has 138 valence electrons. The highest BCUT2D eigenvalue weighted by Crippen LogP contribution is 2.29. The molecule has 0 bridgehead atoms. The van der Waals surface area contributed by atoms with Gasteiger partial charge in [0.25, 0.3) is 11.6 Å². The number of carbonyl (C=O) groups excluding carboxylic acids is 1. The lowest BCUT2D eigenvalue weighted by Gasteiger charge is -2.08. The number of hydrogen-bond donors (Lipinski definition) is 1. The number of ether oxygens (including phenoxy) is 1. The zero-order valence-electron chi connectivity index (χ0n) is 14.6. The number of anilines is 1. The van der Waals surface area contributed by atoms with Gasteiger partial charge in [0, 0.05) is 23.3 Å². The van der Waals surface area contributed by atoms with Crippen LogP contribution in [0.3, 0.4) is 0 Å². The van der Waals surface area contributed by atoms with E-state index in [2.05, 4.69) is 15.6 Å². The average molecular weight is 368 g/mol. The van der Waals surface area contributed by atoms with Crippen molar-refractivity contribution in [2.24, 2.45) is 0 Å². The van der Waals surface area contributed by atoms with Gasteiger partial charge in [-0.15, -0.1) is 0 Å². The number of non-ortho nitro benzene ring substituents is 1. The van der Waals surface area contributed by atoms with Crippen LogP contribution in [0.25, 0.3) is 11.3 Å². The first-order chi connectivity index (χ1) is 13.0. The van der Waals surface area contributed by atoms with E-state index in [0.717, 1.165) is 11.3 Å². The Morgan fingerprint density at radius 2 is 2.07 bits per heavy atom. The lowest BCUT2D eigenvalue weighted by molar-refractivity contribution is -0.384. The summed E-state index contributed by atoms with van der Waals surface area (Å²) >= 11 is 0. The predicted octanol–water partition coefficient (Wildman–Crippen LogP) is 3.60. The minimum absolute atomic E-state index is 0.120. The Hall–Kier alpha value is -3.75. The van der Waals surface area contributed by atoms with Crippen LogP contribution in [0.15, 0.2) is 47.1 Å². The predicted molar refractivity (Wildman–Crippen MR) is 96.7 cm³/mol. The minimum Gasteiger partial charge on any atom is -0.494 e. The molecule has 9 heteroatoms. The number of rotatable bonds is 6. The standard InChI is InChI=1S/C18H16N4O5/c1-3-26-15-8-7-12(9-11(15)2)16-17(21-27-20-16)19-18(23)13-5-4-6-14(10-13)22(24)25/h4-10H,3H2,1-2H3,(H,19,21,23). The van der Waals surface area contributed by atoms with Crippen molar-refractivity contribution in [3.05, 3.63) is 63.7 Å². The molecule has 9 nitrogen and oxygen atoms in total. The normalized spacial score (nSPS) is 10.4. The summed E-state index contributed by atoms with van der Waals surface area (Å²) in [5.74, 6) is 0.313. The molecule has 1 heterocycles. The summed E-state index contributed by atoms with van der Waals surface area (Å²) in [6, 6.07) is 10.8. The fourth-order valence-electron chi connectivity index (χ4n) is 2.51. The Bertz CT molecular complexity index is 999. The fourth-order valence-corrected chi connectivity index (χ4v) is 2.51. The second-order valence-electron chi connectivity index (χ2n) is 5.64. The molecule has 0 saturated carbocycles. The van der Waals surface area contributed by atoms with E-state index >= 15 is 0 Å². The molecule has 0 saturated heterocycles. The van der Waals surface area contributed by atoms with Crippen molar-refractivity contribution in [1.29, 1.82) is 0 Å². The van der Waals surface area contributed by atoms with E-state index in [-0.39, 0.29) is 17.1 Å². The zero-order chi connectivity index (χ0) is 19.4. The van der Waals surface area contributed by atoms with Crippen molar-refractivity contribution >= 4 is 17.4 Å². The summed E-state index contributed by atoms with van der Waals surface area (Å²) in [7, 11) is 0. The summed E-state index contributed by atoms with van der Waals surface area (Å²) in [5.41, 5.74) is 1.88. The van der Waals surface area contributed by atoms with Crippen LogP contribution >= 0.6 is 0 Å². The Kier molecular flexibility index (Phi) is 5.11. The van der Waals surface area contributed by atoms with Gasteiger partial charge in [-0.25, -0.2) is 4.63 Å². The van der Waals surface area contributed by atoms with Gasteiger partial charge in [-0.1, -0.05) is 6.07 Å². The molecule has 0 radical (unpaired) electrons. The van der Waals surface area contributed by atoms with Crippen LogP contribution in [0.5, 0.6) is 5.75 Å². The van der Waals surface area contributed by atoms with Crippen LogP contribution in [0, 0.1) is 17.0 Å². The van der Waals surface area contributed by atoms with Crippen LogP contribution < -0.4 is 10.1 Å². The molecule has 1 amide bonds. The second kappa shape index (κ2) is 7.65. The zero-order valence-corrected chi connectivity index (χ0v) is 14.6. The summed E-state index contributed by atoms with van der Waals surface area (Å²) in [5, 5.41) is 21.0. The number of nitrogens with one attached hydrogen (secondary N) is 1. The highest BCUT2D eigenvalue weighted by atomic mass is 16.6. The topological polar surface area (TPSA) is 120 Å². The van der Waals surface area contributed by atoms with Crippen LogP contribution in [0.4, 0.5) is 11.5 Å². The lowest BCUT2D eigenvalue weighted by atomic mass is 10.1. The van der Waals surface area contributed by atoms with Crippen molar-refractivity contribution in [3.8, 4) is 17.0 Å². The van der Waals surface area contributed by atoms with Gasteiger partial charge >= 0.3 is 0 Å². The smallest absolute Gasteiger partial charge is 0.270 e. The van der Waals surface area contributed by atoms with Gasteiger partial charge in [0.2, 0.25) is 5.82 Å². The third-order valence-corrected chi connectivity index (χ3v) is 3.79. The molecule has 0 spiro atoms. The van der Waals surface area contributed by atoms with Crippen molar-refractivity contribution in [1.82, 2.24) is 10.3 Å². The number of nitro benzene ring substituents is 1. The number of nitro groups is 1. The summed E-state index contributed by atoms with van der Waals surface area (Å²) < 4.78 is 10.3. The van der Waals surface area contributed by atoms with Gasteiger partial charge in [0.05, 0.1) is 11.5 Å². The maximum Gasteiger partial charge on any atom is 0.270 e. The molecule has 1 N–H and O–H groups in total.